The highest BCUT2D eigenvalue weighted by atomic mass is 16.5. The van der Waals surface area contributed by atoms with Crippen molar-refractivity contribution in [3.05, 3.63) is 54.4 Å². The minimum atomic E-state index is -0.727. The first-order valence-corrected chi connectivity index (χ1v) is 6.42. The Morgan fingerprint density at radius 1 is 1.25 bits per heavy atom. The normalized spacial score (nSPS) is 23.8. The van der Waals surface area contributed by atoms with Gasteiger partial charge in [-0.25, -0.2) is 4.99 Å². The summed E-state index contributed by atoms with van der Waals surface area (Å²) in [5, 5.41) is 3.34. The Bertz CT molecular complexity index is 606. The van der Waals surface area contributed by atoms with Gasteiger partial charge < -0.3 is 15.0 Å². The lowest BCUT2D eigenvalue weighted by Crippen LogP contribution is -2.52. The molecule has 0 aromatic heterocycles. The lowest BCUT2D eigenvalue weighted by atomic mass is 10.0. The van der Waals surface area contributed by atoms with Crippen molar-refractivity contribution in [1.29, 1.82) is 0 Å². The van der Waals surface area contributed by atoms with Crippen molar-refractivity contribution in [1.82, 2.24) is 10.2 Å². The Morgan fingerprint density at radius 2 is 2.15 bits per heavy atom. The van der Waals surface area contributed by atoms with Gasteiger partial charge in [0.15, 0.2) is 0 Å². The van der Waals surface area contributed by atoms with E-state index in [9.17, 15) is 0 Å². The number of benzene rings is 1. The van der Waals surface area contributed by atoms with Crippen LogP contribution in [0, 0.1) is 0 Å². The van der Waals surface area contributed by atoms with Crippen LogP contribution in [0.2, 0.25) is 0 Å². The van der Waals surface area contributed by atoms with Gasteiger partial charge in [-0.2, -0.15) is 0 Å². The molecule has 0 amide bonds. The summed E-state index contributed by atoms with van der Waals surface area (Å²) in [6.07, 6.45) is 11.2. The molecule has 0 radical (unpaired) electrons. The summed E-state index contributed by atoms with van der Waals surface area (Å²) in [4.78, 5) is 11.0. The van der Waals surface area contributed by atoms with E-state index in [-0.39, 0.29) is 0 Å². The number of nitrogens with zero attached hydrogens (tertiary/aromatic N) is 3. The van der Waals surface area contributed by atoms with Crippen LogP contribution in [0.4, 0.5) is 0 Å². The van der Waals surface area contributed by atoms with Crippen molar-refractivity contribution in [3.8, 4) is 5.75 Å². The standard InChI is InChI=1S/C15H16N4O/c1-20-14-7-3-2-6-13(14)15(17-9-4-10-18-15)19-11-5-8-16-12-19/h2-11,17H,12H2,1H3. The fraction of sp³-hybridized carbons (Fsp3) is 0.200. The number of rotatable bonds is 3. The molecule has 0 aliphatic carbocycles. The van der Waals surface area contributed by atoms with Crippen LogP contribution in [0.3, 0.4) is 0 Å². The van der Waals surface area contributed by atoms with Gasteiger partial charge in [-0.05, 0) is 24.3 Å². The fourth-order valence-electron chi connectivity index (χ4n) is 2.38. The van der Waals surface area contributed by atoms with Gasteiger partial charge in [0.2, 0.25) is 5.79 Å². The maximum atomic E-state index is 5.49. The summed E-state index contributed by atoms with van der Waals surface area (Å²) in [6, 6.07) is 7.87. The molecule has 2 heterocycles. The first-order chi connectivity index (χ1) is 9.87. The first kappa shape index (κ1) is 12.5. The highest BCUT2D eigenvalue weighted by Crippen LogP contribution is 2.35. The molecule has 1 unspecified atom stereocenters. The van der Waals surface area contributed by atoms with E-state index >= 15 is 0 Å². The number of nitrogens with one attached hydrogen (secondary N) is 1. The number of hydrogen-bond donors (Lipinski definition) is 1. The zero-order valence-corrected chi connectivity index (χ0v) is 11.2. The molecule has 2 aliphatic rings. The number of allylic oxidation sites excluding steroid dienone is 2. The summed E-state index contributed by atoms with van der Waals surface area (Å²) in [6.45, 7) is 0.534. The third-order valence-electron chi connectivity index (χ3n) is 3.32. The van der Waals surface area contributed by atoms with Crippen LogP contribution in [0.15, 0.2) is 58.8 Å². The Morgan fingerprint density at radius 3 is 2.85 bits per heavy atom. The molecule has 5 nitrogen and oxygen atoms in total. The second kappa shape index (κ2) is 5.21. The summed E-state index contributed by atoms with van der Waals surface area (Å²) >= 11 is 0. The molecule has 0 saturated carbocycles. The molecule has 20 heavy (non-hydrogen) atoms. The van der Waals surface area contributed by atoms with Gasteiger partial charge in [-0.3, -0.25) is 4.99 Å². The second-order valence-electron chi connectivity index (χ2n) is 4.44. The SMILES string of the molecule is COc1ccccc1C1(N2C=CC=NC2)N=CC=CN1. The van der Waals surface area contributed by atoms with Crippen molar-refractivity contribution in [2.75, 3.05) is 13.8 Å². The number of aliphatic imine (C=N–C) groups is 2. The third kappa shape index (κ3) is 1.97. The average molecular weight is 268 g/mol. The second-order valence-corrected chi connectivity index (χ2v) is 4.44. The van der Waals surface area contributed by atoms with E-state index in [1.54, 1.807) is 19.5 Å². The number of para-hydroxylation sites is 1. The van der Waals surface area contributed by atoms with Crippen molar-refractivity contribution in [2.24, 2.45) is 9.98 Å². The molecule has 5 heteroatoms. The Labute approximate surface area is 118 Å². The molecular formula is C15H16N4O. The van der Waals surface area contributed by atoms with Crippen LogP contribution in [0.25, 0.3) is 0 Å². The van der Waals surface area contributed by atoms with Crippen LogP contribution in [0.5, 0.6) is 5.75 Å². The topological polar surface area (TPSA) is 49.2 Å². The lowest BCUT2D eigenvalue weighted by Gasteiger charge is -2.41. The first-order valence-electron chi connectivity index (χ1n) is 6.42. The van der Waals surface area contributed by atoms with Crippen molar-refractivity contribution in [2.45, 2.75) is 5.79 Å². The third-order valence-corrected chi connectivity index (χ3v) is 3.32. The van der Waals surface area contributed by atoms with Crippen molar-refractivity contribution in [3.63, 3.8) is 0 Å². The lowest BCUT2D eigenvalue weighted by molar-refractivity contribution is 0.126. The summed E-state index contributed by atoms with van der Waals surface area (Å²) < 4.78 is 5.49. The molecule has 0 saturated heterocycles. The zero-order chi connectivity index (χ0) is 13.8. The largest absolute Gasteiger partial charge is 0.496 e. The van der Waals surface area contributed by atoms with Crippen LogP contribution < -0.4 is 10.1 Å². The molecular weight excluding hydrogens is 252 g/mol. The maximum Gasteiger partial charge on any atom is 0.239 e. The molecule has 1 N–H and O–H groups in total. The molecule has 0 bridgehead atoms. The molecule has 1 atom stereocenters. The highest BCUT2D eigenvalue weighted by Gasteiger charge is 2.39. The van der Waals surface area contributed by atoms with E-state index in [4.69, 9.17) is 4.74 Å². The molecule has 1 aromatic rings. The van der Waals surface area contributed by atoms with Crippen molar-refractivity contribution < 1.29 is 4.74 Å². The molecule has 102 valence electrons. The smallest absolute Gasteiger partial charge is 0.239 e. The van der Waals surface area contributed by atoms with Gasteiger partial charge in [0.05, 0.1) is 12.7 Å². The number of ether oxygens (including phenoxy) is 1. The van der Waals surface area contributed by atoms with Gasteiger partial charge in [-0.1, -0.05) is 12.1 Å². The van der Waals surface area contributed by atoms with E-state index in [2.05, 4.69) is 15.3 Å². The molecule has 0 spiro atoms. The number of hydrogen-bond acceptors (Lipinski definition) is 5. The van der Waals surface area contributed by atoms with E-state index in [0.29, 0.717) is 6.67 Å². The quantitative estimate of drug-likeness (QED) is 0.910. The van der Waals surface area contributed by atoms with Crippen LogP contribution in [-0.4, -0.2) is 31.1 Å². The van der Waals surface area contributed by atoms with Crippen LogP contribution >= 0.6 is 0 Å². The monoisotopic (exact) mass is 268 g/mol. The summed E-state index contributed by atoms with van der Waals surface area (Å²) in [5.41, 5.74) is 0.949. The maximum absolute atomic E-state index is 5.49. The molecule has 2 aliphatic heterocycles. The van der Waals surface area contributed by atoms with Gasteiger partial charge in [-0.15, -0.1) is 0 Å². The van der Waals surface area contributed by atoms with E-state index < -0.39 is 5.79 Å². The van der Waals surface area contributed by atoms with Crippen LogP contribution in [0.1, 0.15) is 5.56 Å². The average Bonchev–Trinajstić information content (AvgIpc) is 2.56. The van der Waals surface area contributed by atoms with Gasteiger partial charge in [0.25, 0.3) is 0 Å². The summed E-state index contributed by atoms with van der Waals surface area (Å²) in [5.74, 6) is 0.0608. The predicted molar refractivity (Wildman–Crippen MR) is 79.8 cm³/mol. The van der Waals surface area contributed by atoms with E-state index in [0.717, 1.165) is 11.3 Å². The Hall–Kier alpha value is -2.56. The Balaban J connectivity index is 2.11. The molecule has 0 fully saturated rings. The van der Waals surface area contributed by atoms with Crippen LogP contribution in [-0.2, 0) is 5.79 Å². The van der Waals surface area contributed by atoms with Gasteiger partial charge >= 0.3 is 0 Å². The predicted octanol–water partition coefficient (Wildman–Crippen LogP) is 1.85. The molecule has 1 aromatic carbocycles. The van der Waals surface area contributed by atoms with E-state index in [1.807, 2.05) is 53.7 Å². The highest BCUT2D eigenvalue weighted by molar-refractivity contribution is 5.73. The Kier molecular flexibility index (Phi) is 3.25. The fourth-order valence-corrected chi connectivity index (χ4v) is 2.38. The molecule has 3 rings (SSSR count). The van der Waals surface area contributed by atoms with Crippen molar-refractivity contribution >= 4 is 12.4 Å². The number of methoxy groups -OCH3 is 1. The van der Waals surface area contributed by atoms with Gasteiger partial charge in [0, 0.05) is 24.8 Å². The minimum absolute atomic E-state index is 0.534. The van der Waals surface area contributed by atoms with E-state index in [1.165, 1.54) is 0 Å². The van der Waals surface area contributed by atoms with Gasteiger partial charge in [0.1, 0.15) is 12.4 Å². The summed E-state index contributed by atoms with van der Waals surface area (Å²) in [7, 11) is 1.67. The zero-order valence-electron chi connectivity index (χ0n) is 11.2. The minimum Gasteiger partial charge on any atom is -0.496 e.